The fraction of sp³-hybridized carbons (Fsp3) is 0.391. The van der Waals surface area contributed by atoms with Crippen molar-refractivity contribution < 1.29 is 14.3 Å². The van der Waals surface area contributed by atoms with Crippen molar-refractivity contribution >= 4 is 23.7 Å². The van der Waals surface area contributed by atoms with Crippen LogP contribution >= 0.6 is 11.6 Å². The average Bonchev–Trinajstić information content (AvgIpc) is 2.71. The molecule has 0 aliphatic carbocycles. The Morgan fingerprint density at radius 3 is 2.62 bits per heavy atom. The smallest absolute Gasteiger partial charge is 0.280 e. The normalized spacial score (nSPS) is 12.0. The van der Waals surface area contributed by atoms with Crippen LogP contribution in [0.25, 0.3) is 0 Å². The van der Waals surface area contributed by atoms with Gasteiger partial charge in [0.2, 0.25) is 0 Å². The number of nitrogens with one attached hydrogen (secondary N) is 1. The summed E-state index contributed by atoms with van der Waals surface area (Å²) in [6.07, 6.45) is 5.63. The maximum absolute atomic E-state index is 12.2. The Morgan fingerprint density at radius 2 is 1.93 bits per heavy atom. The molecule has 0 bridgehead atoms. The predicted molar refractivity (Wildman–Crippen MR) is 118 cm³/mol. The second-order valence-electron chi connectivity index (χ2n) is 6.88. The maximum atomic E-state index is 12.2. The van der Waals surface area contributed by atoms with Gasteiger partial charge in [0.25, 0.3) is 5.91 Å². The number of aryl methyl sites for hydroxylation is 1. The molecule has 0 aliphatic rings. The third-order valence-corrected chi connectivity index (χ3v) is 4.58. The highest BCUT2D eigenvalue weighted by Crippen LogP contribution is 2.22. The van der Waals surface area contributed by atoms with E-state index in [2.05, 4.69) is 17.5 Å². The fourth-order valence-electron chi connectivity index (χ4n) is 2.62. The number of nitrogens with zero attached hydrogens (tertiary/aromatic N) is 1. The van der Waals surface area contributed by atoms with E-state index < -0.39 is 6.10 Å². The molecule has 1 N–H and O–H groups in total. The van der Waals surface area contributed by atoms with E-state index in [1.165, 1.54) is 19.3 Å². The minimum atomic E-state index is -0.685. The number of carbonyl (C=O) groups excluding carboxylic acids is 1. The summed E-state index contributed by atoms with van der Waals surface area (Å²) in [5.41, 5.74) is 4.23. The molecule has 2 aromatic rings. The van der Waals surface area contributed by atoms with E-state index in [4.69, 9.17) is 21.1 Å². The van der Waals surface area contributed by atoms with Gasteiger partial charge in [0.1, 0.15) is 11.5 Å². The van der Waals surface area contributed by atoms with Gasteiger partial charge < -0.3 is 9.47 Å². The van der Waals surface area contributed by atoms with Gasteiger partial charge in [-0.25, -0.2) is 5.43 Å². The number of hydrogen-bond donors (Lipinski definition) is 1. The molecule has 5 nitrogen and oxygen atoms in total. The molecule has 1 atom stereocenters. The number of hydrazone groups is 1. The van der Waals surface area contributed by atoms with Gasteiger partial charge in [-0.05, 0) is 73.9 Å². The molecule has 6 heteroatoms. The Hall–Kier alpha value is -2.53. The second kappa shape index (κ2) is 12.1. The highest BCUT2D eigenvalue weighted by atomic mass is 35.5. The highest BCUT2D eigenvalue weighted by molar-refractivity contribution is 6.30. The van der Waals surface area contributed by atoms with Crippen LogP contribution in [0, 0.1) is 6.92 Å². The van der Waals surface area contributed by atoms with E-state index in [9.17, 15) is 4.79 Å². The Labute approximate surface area is 178 Å². The van der Waals surface area contributed by atoms with E-state index in [1.807, 2.05) is 31.2 Å². The molecular weight excluding hydrogens is 388 g/mol. The number of rotatable bonds is 11. The lowest BCUT2D eigenvalue weighted by atomic mass is 10.2. The summed E-state index contributed by atoms with van der Waals surface area (Å²) in [5, 5.41) is 4.63. The van der Waals surface area contributed by atoms with E-state index >= 15 is 0 Å². The molecule has 1 amide bonds. The van der Waals surface area contributed by atoms with E-state index in [0.717, 1.165) is 29.9 Å². The molecule has 0 heterocycles. The quantitative estimate of drug-likeness (QED) is 0.298. The summed E-state index contributed by atoms with van der Waals surface area (Å²) < 4.78 is 11.4. The van der Waals surface area contributed by atoms with Crippen molar-refractivity contribution in [2.24, 2.45) is 5.10 Å². The van der Waals surface area contributed by atoms with Gasteiger partial charge in [-0.2, -0.15) is 5.10 Å². The van der Waals surface area contributed by atoms with Crippen LogP contribution < -0.4 is 14.9 Å². The predicted octanol–water partition coefficient (Wildman–Crippen LogP) is 5.53. The highest BCUT2D eigenvalue weighted by Gasteiger charge is 2.15. The summed E-state index contributed by atoms with van der Waals surface area (Å²) in [7, 11) is 0. The monoisotopic (exact) mass is 416 g/mol. The average molecular weight is 417 g/mol. The molecule has 0 aromatic heterocycles. The van der Waals surface area contributed by atoms with Crippen molar-refractivity contribution in [2.75, 3.05) is 6.61 Å². The number of benzene rings is 2. The zero-order chi connectivity index (χ0) is 21.1. The van der Waals surface area contributed by atoms with Gasteiger partial charge >= 0.3 is 0 Å². The first-order chi connectivity index (χ1) is 14.0. The third-order valence-electron chi connectivity index (χ3n) is 4.35. The van der Waals surface area contributed by atoms with Crippen LogP contribution in [0.4, 0.5) is 0 Å². The van der Waals surface area contributed by atoms with Crippen molar-refractivity contribution in [2.45, 2.75) is 52.6 Å². The maximum Gasteiger partial charge on any atom is 0.280 e. The molecule has 0 spiro atoms. The molecular formula is C23H29ClN2O3. The summed E-state index contributed by atoms with van der Waals surface area (Å²) in [4.78, 5) is 12.2. The summed E-state index contributed by atoms with van der Waals surface area (Å²) in [5.74, 6) is 1.12. The van der Waals surface area contributed by atoms with Gasteiger partial charge in [-0.3, -0.25) is 4.79 Å². The Bertz CT molecular complexity index is 806. The largest absolute Gasteiger partial charge is 0.494 e. The minimum absolute atomic E-state index is 0.331. The number of unbranched alkanes of at least 4 members (excludes halogenated alkanes) is 3. The Kier molecular flexibility index (Phi) is 9.51. The molecule has 0 radical (unpaired) electrons. The van der Waals surface area contributed by atoms with Gasteiger partial charge in [0.15, 0.2) is 6.10 Å². The molecule has 156 valence electrons. The summed E-state index contributed by atoms with van der Waals surface area (Å²) in [6, 6.07) is 12.9. The molecule has 0 saturated carbocycles. The standard InChI is InChI=1S/C23H29ClN2O3/c1-4-5-6-7-14-28-21-11-8-19(9-12-21)16-25-26-23(27)18(3)29-22-13-10-20(24)15-17(22)2/h8-13,15-16,18H,4-7,14H2,1-3H3,(H,26,27)/t18-/m0/s1. The van der Waals surface area contributed by atoms with Gasteiger partial charge in [0.05, 0.1) is 12.8 Å². The van der Waals surface area contributed by atoms with E-state index in [0.29, 0.717) is 10.8 Å². The lowest BCUT2D eigenvalue weighted by Crippen LogP contribution is -2.33. The van der Waals surface area contributed by atoms with Crippen LogP contribution in [0.2, 0.25) is 5.02 Å². The van der Waals surface area contributed by atoms with Gasteiger partial charge in [0, 0.05) is 5.02 Å². The Balaban J connectivity index is 1.77. The van der Waals surface area contributed by atoms with Crippen molar-refractivity contribution in [3.8, 4) is 11.5 Å². The minimum Gasteiger partial charge on any atom is -0.494 e. The number of hydrogen-bond acceptors (Lipinski definition) is 4. The molecule has 2 rings (SSSR count). The summed E-state index contributed by atoms with van der Waals surface area (Å²) in [6.45, 7) is 6.47. The Morgan fingerprint density at radius 1 is 1.17 bits per heavy atom. The molecule has 2 aromatic carbocycles. The zero-order valence-electron chi connectivity index (χ0n) is 17.3. The molecule has 0 unspecified atom stereocenters. The topological polar surface area (TPSA) is 59.9 Å². The summed E-state index contributed by atoms with van der Waals surface area (Å²) >= 11 is 5.93. The molecule has 0 aliphatic heterocycles. The lowest BCUT2D eigenvalue weighted by molar-refractivity contribution is -0.127. The van der Waals surface area contributed by atoms with Crippen molar-refractivity contribution in [1.29, 1.82) is 0 Å². The van der Waals surface area contributed by atoms with Crippen molar-refractivity contribution in [3.63, 3.8) is 0 Å². The van der Waals surface area contributed by atoms with Crippen LogP contribution in [0.5, 0.6) is 11.5 Å². The first-order valence-corrected chi connectivity index (χ1v) is 10.4. The molecule has 0 saturated heterocycles. The van der Waals surface area contributed by atoms with E-state index in [-0.39, 0.29) is 5.91 Å². The first kappa shape index (κ1) is 22.8. The van der Waals surface area contributed by atoms with Crippen molar-refractivity contribution in [1.82, 2.24) is 5.43 Å². The SMILES string of the molecule is CCCCCCOc1ccc(C=NNC(=O)[C@H](C)Oc2ccc(Cl)cc2C)cc1. The van der Waals surface area contributed by atoms with Gasteiger partial charge in [-0.1, -0.05) is 37.8 Å². The van der Waals surface area contributed by atoms with Crippen molar-refractivity contribution in [3.05, 3.63) is 58.6 Å². The lowest BCUT2D eigenvalue weighted by Gasteiger charge is -2.14. The molecule has 29 heavy (non-hydrogen) atoms. The number of ether oxygens (including phenoxy) is 2. The first-order valence-electron chi connectivity index (χ1n) is 9.98. The van der Waals surface area contributed by atoms with Crippen LogP contribution in [-0.2, 0) is 4.79 Å². The number of carbonyl (C=O) groups is 1. The van der Waals surface area contributed by atoms with Crippen LogP contribution in [-0.4, -0.2) is 24.8 Å². The fourth-order valence-corrected chi connectivity index (χ4v) is 2.85. The third kappa shape index (κ3) is 8.16. The van der Waals surface area contributed by atoms with E-state index in [1.54, 1.807) is 31.3 Å². The zero-order valence-corrected chi connectivity index (χ0v) is 18.0. The van der Waals surface area contributed by atoms with Crippen LogP contribution in [0.1, 0.15) is 50.7 Å². The van der Waals surface area contributed by atoms with Crippen LogP contribution in [0.15, 0.2) is 47.6 Å². The number of amides is 1. The second-order valence-corrected chi connectivity index (χ2v) is 7.32. The van der Waals surface area contributed by atoms with Gasteiger partial charge in [-0.15, -0.1) is 0 Å². The number of halogens is 1. The molecule has 0 fully saturated rings. The van der Waals surface area contributed by atoms with Crippen LogP contribution in [0.3, 0.4) is 0 Å².